The van der Waals surface area contributed by atoms with Gasteiger partial charge in [-0.1, -0.05) is 18.2 Å². The Balaban J connectivity index is 2.23. The molecule has 0 saturated carbocycles. The summed E-state index contributed by atoms with van der Waals surface area (Å²) in [6.45, 7) is 2.33. The molecule has 100 valence electrons. The first-order valence-corrected chi connectivity index (χ1v) is 5.85. The fourth-order valence-electron chi connectivity index (χ4n) is 1.75. The van der Waals surface area contributed by atoms with Crippen molar-refractivity contribution in [2.24, 2.45) is 0 Å². The molecule has 1 atom stereocenters. The van der Waals surface area contributed by atoms with Gasteiger partial charge in [0.25, 0.3) is 5.91 Å². The van der Waals surface area contributed by atoms with E-state index >= 15 is 0 Å². The Labute approximate surface area is 110 Å². The van der Waals surface area contributed by atoms with Crippen LogP contribution in [0.5, 0.6) is 0 Å². The Hall–Kier alpha value is -2.28. The molecule has 0 fully saturated rings. The van der Waals surface area contributed by atoms with E-state index in [1.165, 1.54) is 0 Å². The van der Waals surface area contributed by atoms with Crippen molar-refractivity contribution < 1.29 is 9.53 Å². The normalized spacial score (nSPS) is 12.1. The highest BCUT2D eigenvalue weighted by Gasteiger charge is 2.16. The molecule has 0 aliphatic rings. The van der Waals surface area contributed by atoms with Gasteiger partial charge in [-0.25, -0.2) is 0 Å². The number of hydrogen-bond donors (Lipinski definition) is 2. The standard InChI is InChI=1S/C12H15N5O2/c1-8(7-19-2)13-12(18)10-6-4-3-5-9(10)11-14-16-17-15-11/h3-6,8H,7H2,1-2H3,(H,13,18)(H,14,15,16,17)/t8-/m0/s1. The van der Waals surface area contributed by atoms with E-state index in [4.69, 9.17) is 4.74 Å². The number of benzene rings is 1. The number of carbonyl (C=O) groups excluding carboxylic acids is 1. The SMILES string of the molecule is COC[C@H](C)NC(=O)c1ccccc1-c1nn[nH]n1. The lowest BCUT2D eigenvalue weighted by molar-refractivity contribution is 0.0906. The number of aromatic nitrogens is 4. The molecule has 2 rings (SSSR count). The van der Waals surface area contributed by atoms with Crippen LogP contribution in [0.25, 0.3) is 11.4 Å². The summed E-state index contributed by atoms with van der Waals surface area (Å²) in [4.78, 5) is 12.2. The van der Waals surface area contributed by atoms with Gasteiger partial charge in [0.15, 0.2) is 0 Å². The van der Waals surface area contributed by atoms with E-state index < -0.39 is 0 Å². The summed E-state index contributed by atoms with van der Waals surface area (Å²) in [7, 11) is 1.59. The molecule has 0 aliphatic carbocycles. The van der Waals surface area contributed by atoms with Crippen molar-refractivity contribution in [2.45, 2.75) is 13.0 Å². The third kappa shape index (κ3) is 3.14. The summed E-state index contributed by atoms with van der Waals surface area (Å²) in [6, 6.07) is 7.04. The molecule has 0 radical (unpaired) electrons. The van der Waals surface area contributed by atoms with Crippen LogP contribution in [-0.4, -0.2) is 46.3 Å². The number of nitrogens with zero attached hydrogens (tertiary/aromatic N) is 3. The molecular weight excluding hydrogens is 246 g/mol. The minimum atomic E-state index is -0.190. The summed E-state index contributed by atoms with van der Waals surface area (Å²) in [5.74, 6) is 0.204. The Kier molecular flexibility index (Phi) is 4.19. The molecule has 2 aromatic rings. The first-order chi connectivity index (χ1) is 9.22. The van der Waals surface area contributed by atoms with Gasteiger partial charge < -0.3 is 10.1 Å². The maximum atomic E-state index is 12.2. The highest BCUT2D eigenvalue weighted by molar-refractivity contribution is 6.00. The molecule has 0 spiro atoms. The van der Waals surface area contributed by atoms with Gasteiger partial charge in [-0.3, -0.25) is 4.79 Å². The zero-order valence-electron chi connectivity index (χ0n) is 10.8. The molecule has 0 bridgehead atoms. The maximum Gasteiger partial charge on any atom is 0.252 e. The Bertz CT molecular complexity index is 541. The molecular formula is C12H15N5O2. The molecule has 0 saturated heterocycles. The van der Waals surface area contributed by atoms with Gasteiger partial charge in [0.2, 0.25) is 5.82 Å². The van der Waals surface area contributed by atoms with E-state index in [-0.39, 0.29) is 11.9 Å². The molecule has 19 heavy (non-hydrogen) atoms. The van der Waals surface area contributed by atoms with E-state index in [1.807, 2.05) is 13.0 Å². The Morgan fingerprint density at radius 2 is 2.26 bits per heavy atom. The van der Waals surface area contributed by atoms with E-state index in [0.717, 1.165) is 0 Å². The lowest BCUT2D eigenvalue weighted by Crippen LogP contribution is -2.35. The second-order valence-electron chi connectivity index (χ2n) is 4.11. The molecule has 7 nitrogen and oxygen atoms in total. The van der Waals surface area contributed by atoms with Crippen LogP contribution in [0.4, 0.5) is 0 Å². The summed E-state index contributed by atoms with van der Waals surface area (Å²) in [5, 5.41) is 16.5. The summed E-state index contributed by atoms with van der Waals surface area (Å²) in [6.07, 6.45) is 0. The van der Waals surface area contributed by atoms with Crippen molar-refractivity contribution >= 4 is 5.91 Å². The smallest absolute Gasteiger partial charge is 0.252 e. The lowest BCUT2D eigenvalue weighted by atomic mass is 10.1. The molecule has 1 amide bonds. The zero-order chi connectivity index (χ0) is 13.7. The fourth-order valence-corrected chi connectivity index (χ4v) is 1.75. The van der Waals surface area contributed by atoms with Crippen LogP contribution in [0.1, 0.15) is 17.3 Å². The fraction of sp³-hybridized carbons (Fsp3) is 0.333. The largest absolute Gasteiger partial charge is 0.383 e. The van der Waals surface area contributed by atoms with Crippen LogP contribution in [0.15, 0.2) is 24.3 Å². The van der Waals surface area contributed by atoms with Crippen LogP contribution >= 0.6 is 0 Å². The van der Waals surface area contributed by atoms with Crippen LogP contribution < -0.4 is 5.32 Å². The molecule has 1 aromatic heterocycles. The number of H-pyrrole nitrogens is 1. The second-order valence-corrected chi connectivity index (χ2v) is 4.11. The van der Waals surface area contributed by atoms with Crippen LogP contribution in [0.2, 0.25) is 0 Å². The second kappa shape index (κ2) is 6.05. The van der Waals surface area contributed by atoms with E-state index in [9.17, 15) is 4.79 Å². The Morgan fingerprint density at radius 1 is 1.47 bits per heavy atom. The van der Waals surface area contributed by atoms with Gasteiger partial charge in [-0.2, -0.15) is 5.21 Å². The predicted molar refractivity (Wildman–Crippen MR) is 68.4 cm³/mol. The molecule has 0 unspecified atom stereocenters. The highest BCUT2D eigenvalue weighted by atomic mass is 16.5. The maximum absolute atomic E-state index is 12.2. The monoisotopic (exact) mass is 261 g/mol. The van der Waals surface area contributed by atoms with Crippen molar-refractivity contribution in [3.63, 3.8) is 0 Å². The van der Waals surface area contributed by atoms with E-state index in [0.29, 0.717) is 23.6 Å². The number of methoxy groups -OCH3 is 1. The van der Waals surface area contributed by atoms with E-state index in [2.05, 4.69) is 25.9 Å². The zero-order valence-corrected chi connectivity index (χ0v) is 10.8. The predicted octanol–water partition coefficient (Wildman–Crippen LogP) is 0.631. The molecule has 0 aliphatic heterocycles. The topological polar surface area (TPSA) is 92.8 Å². The van der Waals surface area contributed by atoms with Gasteiger partial charge in [-0.15, -0.1) is 10.2 Å². The molecule has 1 heterocycles. The van der Waals surface area contributed by atoms with Crippen molar-refractivity contribution in [1.29, 1.82) is 0 Å². The van der Waals surface area contributed by atoms with Crippen molar-refractivity contribution in [3.8, 4) is 11.4 Å². The molecule has 7 heteroatoms. The van der Waals surface area contributed by atoms with Gasteiger partial charge >= 0.3 is 0 Å². The first kappa shape index (κ1) is 13.2. The van der Waals surface area contributed by atoms with Crippen molar-refractivity contribution in [3.05, 3.63) is 29.8 Å². The number of rotatable bonds is 5. The molecule has 2 N–H and O–H groups in total. The van der Waals surface area contributed by atoms with Crippen molar-refractivity contribution in [2.75, 3.05) is 13.7 Å². The van der Waals surface area contributed by atoms with Gasteiger partial charge in [-0.05, 0) is 18.2 Å². The average Bonchev–Trinajstić information content (AvgIpc) is 2.92. The van der Waals surface area contributed by atoms with Crippen molar-refractivity contribution in [1.82, 2.24) is 25.9 Å². The third-order valence-electron chi connectivity index (χ3n) is 2.55. The van der Waals surface area contributed by atoms with Gasteiger partial charge in [0.05, 0.1) is 12.2 Å². The quantitative estimate of drug-likeness (QED) is 0.823. The third-order valence-corrected chi connectivity index (χ3v) is 2.55. The number of tetrazole rings is 1. The Morgan fingerprint density at radius 3 is 2.95 bits per heavy atom. The summed E-state index contributed by atoms with van der Waals surface area (Å²) >= 11 is 0. The summed E-state index contributed by atoms with van der Waals surface area (Å²) < 4.78 is 4.99. The van der Waals surface area contributed by atoms with Gasteiger partial charge in [0.1, 0.15) is 0 Å². The van der Waals surface area contributed by atoms with Crippen LogP contribution in [0, 0.1) is 0 Å². The highest BCUT2D eigenvalue weighted by Crippen LogP contribution is 2.18. The van der Waals surface area contributed by atoms with Gasteiger partial charge in [0, 0.05) is 18.7 Å². The molecule has 1 aromatic carbocycles. The number of carbonyl (C=O) groups is 1. The average molecular weight is 261 g/mol. The summed E-state index contributed by atoms with van der Waals surface area (Å²) in [5.41, 5.74) is 1.14. The first-order valence-electron chi connectivity index (χ1n) is 5.85. The van der Waals surface area contributed by atoms with Crippen LogP contribution in [0.3, 0.4) is 0 Å². The number of ether oxygens (including phenoxy) is 1. The van der Waals surface area contributed by atoms with Crippen LogP contribution in [-0.2, 0) is 4.74 Å². The number of aromatic amines is 1. The van der Waals surface area contributed by atoms with E-state index in [1.54, 1.807) is 25.3 Å². The minimum absolute atomic E-state index is 0.0733. The lowest BCUT2D eigenvalue weighted by Gasteiger charge is -2.13. The number of hydrogen-bond acceptors (Lipinski definition) is 5. The minimum Gasteiger partial charge on any atom is -0.383 e. The number of amides is 1. The number of nitrogens with one attached hydrogen (secondary N) is 2.